The maximum atomic E-state index is 4.33. The molecular formula is C26H20N4+2. The minimum atomic E-state index is -0.449. The van der Waals surface area contributed by atoms with Crippen LogP contribution < -0.4 is 0 Å². The summed E-state index contributed by atoms with van der Waals surface area (Å²) in [5.41, 5.74) is 7.98. The summed E-state index contributed by atoms with van der Waals surface area (Å²) in [6.45, 7) is 0. The standard InChI is InChI=1S/C26H20N4/c1-29-15-16-30(18-29)20-8-6-7-19(17-20)26(25-13-14-27-28-25)23-11-4-2-9-21(23)22-10-3-5-12-24(22)26/h2-17H,1H3,(H,27,28)/q+2. The van der Waals surface area contributed by atoms with Gasteiger partial charge in [0, 0.05) is 18.3 Å². The van der Waals surface area contributed by atoms with Gasteiger partial charge in [0.15, 0.2) is 7.05 Å². The molecule has 4 heteroatoms. The van der Waals surface area contributed by atoms with Gasteiger partial charge in [0.2, 0.25) is 11.9 Å². The number of hydrogen-bond acceptors (Lipinski definition) is 1. The molecule has 0 radical (unpaired) electrons. The maximum absolute atomic E-state index is 4.33. The summed E-state index contributed by atoms with van der Waals surface area (Å²) >= 11 is 0. The lowest BCUT2D eigenvalue weighted by molar-refractivity contribution is -0.429. The van der Waals surface area contributed by atoms with Crippen LogP contribution in [-0.2, 0) is 5.41 Å². The van der Waals surface area contributed by atoms with Crippen molar-refractivity contribution in [3.8, 4) is 11.1 Å². The normalized spacial score (nSPS) is 15.5. The molecule has 142 valence electrons. The molecule has 6 rings (SSSR count). The Hall–Kier alpha value is -4.01. The second kappa shape index (κ2) is 6.24. The molecule has 1 aliphatic carbocycles. The Labute approximate surface area is 174 Å². The lowest BCUT2D eigenvalue weighted by Gasteiger charge is -2.31. The molecule has 30 heavy (non-hydrogen) atoms. The highest BCUT2D eigenvalue weighted by molar-refractivity contribution is 5.85. The van der Waals surface area contributed by atoms with Crippen LogP contribution in [0.3, 0.4) is 0 Å². The maximum Gasteiger partial charge on any atom is 0.495 e. The predicted octanol–water partition coefficient (Wildman–Crippen LogP) is 4.72. The van der Waals surface area contributed by atoms with Crippen molar-refractivity contribution in [1.29, 1.82) is 0 Å². The average molecular weight is 388 g/mol. The Balaban J connectivity index is 1.71. The van der Waals surface area contributed by atoms with Crippen LogP contribution in [-0.4, -0.2) is 32.4 Å². The molecule has 0 bridgehead atoms. The van der Waals surface area contributed by atoms with Crippen molar-refractivity contribution < 1.29 is 9.15 Å². The Kier molecular flexibility index (Phi) is 3.52. The molecule has 0 amide bonds. The van der Waals surface area contributed by atoms with Gasteiger partial charge < -0.3 is 0 Å². The summed E-state index contributed by atoms with van der Waals surface area (Å²) in [5.74, 6) is 0. The fourth-order valence-electron chi connectivity index (χ4n) is 4.89. The number of aromatic nitrogens is 2. The minimum absolute atomic E-state index is 0.449. The number of aromatic amines is 1. The highest BCUT2D eigenvalue weighted by Crippen LogP contribution is 2.55. The van der Waals surface area contributed by atoms with Crippen LogP contribution in [0.5, 0.6) is 0 Å². The third kappa shape index (κ3) is 2.20. The monoisotopic (exact) mass is 388 g/mol. The average Bonchev–Trinajstić information content (AvgIpc) is 3.52. The summed E-state index contributed by atoms with van der Waals surface area (Å²) in [7, 11) is 1.98. The zero-order valence-electron chi connectivity index (χ0n) is 16.6. The zero-order valence-corrected chi connectivity index (χ0v) is 16.6. The van der Waals surface area contributed by atoms with Gasteiger partial charge in [0.25, 0.3) is 6.20 Å². The summed E-state index contributed by atoms with van der Waals surface area (Å²) in [6, 6.07) is 31.5. The number of H-pyrrole nitrogens is 1. The quantitative estimate of drug-likeness (QED) is 0.446. The van der Waals surface area contributed by atoms with E-state index in [0.717, 1.165) is 11.4 Å². The van der Waals surface area contributed by atoms with Crippen LogP contribution in [0, 0.1) is 0 Å². The van der Waals surface area contributed by atoms with Gasteiger partial charge in [-0.2, -0.15) is 5.10 Å². The van der Waals surface area contributed by atoms with E-state index >= 15 is 0 Å². The van der Waals surface area contributed by atoms with E-state index in [1.165, 1.54) is 27.8 Å². The summed E-state index contributed by atoms with van der Waals surface area (Å²) in [5, 5.41) is 7.62. The van der Waals surface area contributed by atoms with E-state index in [1.807, 2.05) is 34.8 Å². The third-order valence-electron chi connectivity index (χ3n) is 6.12. The van der Waals surface area contributed by atoms with E-state index in [-0.39, 0.29) is 0 Å². The predicted molar refractivity (Wildman–Crippen MR) is 116 cm³/mol. The number of nitrogens with one attached hydrogen (secondary N) is 1. The summed E-state index contributed by atoms with van der Waals surface area (Å²) < 4.78 is 3.95. The highest BCUT2D eigenvalue weighted by Gasteiger charge is 2.47. The van der Waals surface area contributed by atoms with Gasteiger partial charge in [-0.05, 0) is 33.9 Å². The number of hydrogen-bond donors (Lipinski definition) is 1. The molecule has 0 fully saturated rings. The first-order chi connectivity index (χ1) is 14.8. The third-order valence-corrected chi connectivity index (χ3v) is 6.12. The minimum Gasteiger partial charge on any atom is -0.281 e. The summed E-state index contributed by atoms with van der Waals surface area (Å²) in [6.07, 6.45) is 5.86. The van der Waals surface area contributed by atoms with Gasteiger partial charge in [-0.25, -0.2) is 0 Å². The van der Waals surface area contributed by atoms with E-state index in [0.29, 0.717) is 0 Å². The first kappa shape index (κ1) is 16.9. The van der Waals surface area contributed by atoms with Crippen LogP contribution in [0.2, 0.25) is 0 Å². The SMILES string of the molecule is C[N+]1=C=[N+](c2cccc(C3(c4ccn[nH]4)c4ccccc4-c4ccccc43)c2)C=C1. The van der Waals surface area contributed by atoms with E-state index in [2.05, 4.69) is 95.1 Å². The molecule has 1 aliphatic heterocycles. The van der Waals surface area contributed by atoms with Crippen LogP contribution in [0.4, 0.5) is 5.69 Å². The van der Waals surface area contributed by atoms with Gasteiger partial charge in [-0.15, -0.1) is 0 Å². The van der Waals surface area contributed by atoms with Crippen molar-refractivity contribution >= 4 is 11.7 Å². The second-order valence-electron chi connectivity index (χ2n) is 7.74. The molecule has 0 saturated heterocycles. The molecular weight excluding hydrogens is 368 g/mol. The number of nitrogens with zero attached hydrogens (tertiary/aromatic N) is 3. The van der Waals surface area contributed by atoms with E-state index < -0.39 is 5.41 Å². The van der Waals surface area contributed by atoms with Gasteiger partial charge in [0.05, 0.1) is 11.1 Å². The molecule has 3 aromatic carbocycles. The summed E-state index contributed by atoms with van der Waals surface area (Å²) in [4.78, 5) is 0. The van der Waals surface area contributed by atoms with Crippen LogP contribution in [0.1, 0.15) is 22.4 Å². The number of rotatable bonds is 3. The molecule has 0 spiro atoms. The Morgan fingerprint density at radius 1 is 0.833 bits per heavy atom. The first-order valence-electron chi connectivity index (χ1n) is 10.0. The fraction of sp³-hybridized carbons (Fsp3) is 0.0769. The van der Waals surface area contributed by atoms with Gasteiger partial charge in [0.1, 0.15) is 0 Å². The van der Waals surface area contributed by atoms with Crippen molar-refractivity contribution in [2.45, 2.75) is 5.41 Å². The molecule has 1 aromatic heterocycles. The van der Waals surface area contributed by atoms with Crippen molar-refractivity contribution in [2.24, 2.45) is 0 Å². The van der Waals surface area contributed by atoms with Crippen LogP contribution >= 0.6 is 0 Å². The molecule has 2 heterocycles. The topological polar surface area (TPSA) is 34.7 Å². The van der Waals surface area contributed by atoms with Crippen molar-refractivity contribution in [3.63, 3.8) is 0 Å². The van der Waals surface area contributed by atoms with E-state index in [4.69, 9.17) is 0 Å². The molecule has 0 atom stereocenters. The molecule has 0 saturated carbocycles. The Morgan fingerprint density at radius 3 is 2.20 bits per heavy atom. The second-order valence-corrected chi connectivity index (χ2v) is 7.74. The van der Waals surface area contributed by atoms with Gasteiger partial charge in [-0.1, -0.05) is 69.8 Å². The molecule has 4 nitrogen and oxygen atoms in total. The smallest absolute Gasteiger partial charge is 0.281 e. The lowest BCUT2D eigenvalue weighted by Crippen LogP contribution is -2.29. The molecule has 4 aromatic rings. The van der Waals surface area contributed by atoms with Crippen LogP contribution in [0.15, 0.2) is 97.5 Å². The molecule has 0 unspecified atom stereocenters. The molecule has 2 aliphatic rings. The Morgan fingerprint density at radius 2 is 1.57 bits per heavy atom. The van der Waals surface area contributed by atoms with Crippen LogP contribution in [0.25, 0.3) is 11.1 Å². The van der Waals surface area contributed by atoms with Crippen molar-refractivity contribution in [3.05, 3.63) is 120 Å². The fourth-order valence-corrected chi connectivity index (χ4v) is 4.89. The number of benzene rings is 3. The van der Waals surface area contributed by atoms with Crippen molar-refractivity contribution in [2.75, 3.05) is 7.05 Å². The molecule has 1 N–H and O–H groups in total. The van der Waals surface area contributed by atoms with Gasteiger partial charge in [-0.3, -0.25) is 5.10 Å². The zero-order chi connectivity index (χ0) is 20.1. The van der Waals surface area contributed by atoms with E-state index in [9.17, 15) is 0 Å². The largest absolute Gasteiger partial charge is 0.495 e. The van der Waals surface area contributed by atoms with Crippen molar-refractivity contribution in [1.82, 2.24) is 10.2 Å². The number of fused-ring (bicyclic) bond motifs is 3. The Bertz CT molecular complexity index is 1340. The lowest BCUT2D eigenvalue weighted by atomic mass is 9.70. The van der Waals surface area contributed by atoms with E-state index in [1.54, 1.807) is 0 Å². The highest BCUT2D eigenvalue weighted by atomic mass is 15.1. The first-order valence-corrected chi connectivity index (χ1v) is 10.0. The van der Waals surface area contributed by atoms with Gasteiger partial charge >= 0.3 is 6.01 Å².